The Balaban J connectivity index is 2.06. The molecule has 3 rings (SSSR count). The van der Waals surface area contributed by atoms with Crippen molar-refractivity contribution in [3.8, 4) is 11.5 Å². The number of hydrogen-bond acceptors (Lipinski definition) is 6. The van der Waals surface area contributed by atoms with Gasteiger partial charge in [0.05, 0.1) is 32.2 Å². The second-order valence-electron chi connectivity index (χ2n) is 7.20. The van der Waals surface area contributed by atoms with E-state index in [2.05, 4.69) is 0 Å². The summed E-state index contributed by atoms with van der Waals surface area (Å²) in [5.41, 5.74) is 3.28. The van der Waals surface area contributed by atoms with E-state index in [1.165, 1.54) is 24.0 Å². The van der Waals surface area contributed by atoms with Crippen molar-refractivity contribution >= 4 is 29.2 Å². The molecule has 8 nitrogen and oxygen atoms in total. The Labute approximate surface area is 181 Å². The average Bonchev–Trinajstić information content (AvgIpc) is 2.76. The molecular weight excluding hydrogens is 400 g/mol. The molecule has 0 spiro atoms. The van der Waals surface area contributed by atoms with Gasteiger partial charge >= 0.3 is 5.97 Å². The maximum atomic E-state index is 13.4. The Hall–Kier alpha value is -3.55. The number of carbonyl (C=O) groups is 3. The van der Waals surface area contributed by atoms with Gasteiger partial charge in [-0.05, 0) is 56.2 Å². The Bertz CT molecular complexity index is 1010. The van der Waals surface area contributed by atoms with Gasteiger partial charge in [-0.1, -0.05) is 0 Å². The van der Waals surface area contributed by atoms with E-state index in [0.717, 1.165) is 11.1 Å². The number of nitrogens with zero attached hydrogens (tertiary/aromatic N) is 2. The van der Waals surface area contributed by atoms with Crippen molar-refractivity contribution in [1.29, 1.82) is 0 Å². The fourth-order valence-electron chi connectivity index (χ4n) is 3.44. The van der Waals surface area contributed by atoms with Gasteiger partial charge < -0.3 is 14.2 Å². The molecule has 2 aromatic carbocycles. The Morgan fingerprint density at radius 2 is 1.52 bits per heavy atom. The first-order chi connectivity index (χ1) is 14.8. The number of fused-ring (bicyclic) bond motifs is 1. The third-order valence-electron chi connectivity index (χ3n) is 5.20. The summed E-state index contributed by atoms with van der Waals surface area (Å²) in [6.07, 6.45) is 0. The third-order valence-corrected chi connectivity index (χ3v) is 5.20. The molecule has 2 aromatic rings. The SMILES string of the molecule is CCOC(=O)CN1C(=O)CN(C(=O)c2cc(OC)cc(OC)c2)c2cc(C)c(C)cc21. The van der Waals surface area contributed by atoms with Crippen molar-refractivity contribution < 1.29 is 28.6 Å². The largest absolute Gasteiger partial charge is 0.497 e. The van der Waals surface area contributed by atoms with E-state index in [4.69, 9.17) is 14.2 Å². The normalized spacial score (nSPS) is 13.0. The van der Waals surface area contributed by atoms with Crippen LogP contribution in [-0.2, 0) is 14.3 Å². The minimum atomic E-state index is -0.502. The van der Waals surface area contributed by atoms with Crippen LogP contribution in [0.25, 0.3) is 0 Å². The fraction of sp³-hybridized carbons (Fsp3) is 0.348. The number of esters is 1. The van der Waals surface area contributed by atoms with E-state index in [9.17, 15) is 14.4 Å². The van der Waals surface area contributed by atoms with E-state index in [-0.39, 0.29) is 31.5 Å². The summed E-state index contributed by atoms with van der Waals surface area (Å²) in [7, 11) is 3.00. The lowest BCUT2D eigenvalue weighted by atomic mass is 10.0. The minimum absolute atomic E-state index is 0.201. The lowest BCUT2D eigenvalue weighted by Crippen LogP contribution is -2.50. The molecule has 0 saturated carbocycles. The molecule has 0 N–H and O–H groups in total. The number of ether oxygens (including phenoxy) is 3. The van der Waals surface area contributed by atoms with Crippen molar-refractivity contribution in [2.24, 2.45) is 0 Å². The van der Waals surface area contributed by atoms with Gasteiger partial charge in [-0.3, -0.25) is 24.2 Å². The van der Waals surface area contributed by atoms with Crippen LogP contribution in [0.5, 0.6) is 11.5 Å². The van der Waals surface area contributed by atoms with Crippen LogP contribution in [-0.4, -0.2) is 51.7 Å². The summed E-state index contributed by atoms with van der Waals surface area (Å²) >= 11 is 0. The topological polar surface area (TPSA) is 85.4 Å². The Morgan fingerprint density at radius 1 is 0.935 bits per heavy atom. The van der Waals surface area contributed by atoms with Crippen LogP contribution in [0, 0.1) is 13.8 Å². The number of methoxy groups -OCH3 is 2. The number of aryl methyl sites for hydroxylation is 2. The van der Waals surface area contributed by atoms with Crippen molar-refractivity contribution in [1.82, 2.24) is 0 Å². The highest BCUT2D eigenvalue weighted by Crippen LogP contribution is 2.37. The molecule has 0 saturated heterocycles. The first-order valence-corrected chi connectivity index (χ1v) is 9.91. The van der Waals surface area contributed by atoms with E-state index in [0.29, 0.717) is 28.4 Å². The lowest BCUT2D eigenvalue weighted by molar-refractivity contribution is -0.142. The molecule has 0 bridgehead atoms. The van der Waals surface area contributed by atoms with Crippen LogP contribution < -0.4 is 19.3 Å². The van der Waals surface area contributed by atoms with Crippen molar-refractivity contribution in [3.05, 3.63) is 47.0 Å². The Morgan fingerprint density at radius 3 is 2.06 bits per heavy atom. The first-order valence-electron chi connectivity index (χ1n) is 9.91. The van der Waals surface area contributed by atoms with Crippen LogP contribution >= 0.6 is 0 Å². The molecule has 164 valence electrons. The summed E-state index contributed by atoms with van der Waals surface area (Å²) in [5, 5.41) is 0. The molecule has 0 fully saturated rings. The zero-order chi connectivity index (χ0) is 22.7. The standard InChI is InChI=1S/C23H26N2O6/c1-6-31-22(27)13-24-19-7-14(2)15(3)8-20(19)25(12-21(24)26)23(28)16-9-17(29-4)11-18(10-16)30-5/h7-11H,6,12-13H2,1-5H3. The van der Waals surface area contributed by atoms with Crippen LogP contribution in [0.3, 0.4) is 0 Å². The predicted molar refractivity (Wildman–Crippen MR) is 116 cm³/mol. The molecule has 0 unspecified atom stereocenters. The van der Waals surface area contributed by atoms with E-state index >= 15 is 0 Å². The quantitative estimate of drug-likeness (QED) is 0.661. The molecule has 31 heavy (non-hydrogen) atoms. The second kappa shape index (κ2) is 9.07. The van der Waals surface area contributed by atoms with Gasteiger partial charge in [0.15, 0.2) is 0 Å². The minimum Gasteiger partial charge on any atom is -0.497 e. The van der Waals surface area contributed by atoms with Gasteiger partial charge in [-0.15, -0.1) is 0 Å². The van der Waals surface area contributed by atoms with Crippen molar-refractivity contribution in [2.45, 2.75) is 20.8 Å². The lowest BCUT2D eigenvalue weighted by Gasteiger charge is -2.36. The smallest absolute Gasteiger partial charge is 0.326 e. The molecular formula is C23H26N2O6. The third kappa shape index (κ3) is 4.47. The number of carbonyl (C=O) groups excluding carboxylic acids is 3. The van der Waals surface area contributed by atoms with Crippen LogP contribution in [0.1, 0.15) is 28.4 Å². The van der Waals surface area contributed by atoms with Crippen LogP contribution in [0.4, 0.5) is 11.4 Å². The molecule has 0 aromatic heterocycles. The van der Waals surface area contributed by atoms with Crippen LogP contribution in [0.15, 0.2) is 30.3 Å². The highest BCUT2D eigenvalue weighted by molar-refractivity contribution is 6.17. The van der Waals surface area contributed by atoms with Crippen molar-refractivity contribution in [2.75, 3.05) is 43.7 Å². The van der Waals surface area contributed by atoms with Crippen LogP contribution in [0.2, 0.25) is 0 Å². The highest BCUT2D eigenvalue weighted by atomic mass is 16.5. The van der Waals surface area contributed by atoms with Gasteiger partial charge in [-0.25, -0.2) is 0 Å². The van der Waals surface area contributed by atoms with E-state index in [1.807, 2.05) is 26.0 Å². The molecule has 8 heteroatoms. The number of hydrogen-bond donors (Lipinski definition) is 0. The molecule has 0 aliphatic carbocycles. The average molecular weight is 426 g/mol. The monoisotopic (exact) mass is 426 g/mol. The van der Waals surface area contributed by atoms with Gasteiger partial charge in [0, 0.05) is 11.6 Å². The number of benzene rings is 2. The molecule has 0 radical (unpaired) electrons. The zero-order valence-corrected chi connectivity index (χ0v) is 18.4. The van der Waals surface area contributed by atoms with E-state index in [1.54, 1.807) is 25.1 Å². The maximum absolute atomic E-state index is 13.4. The molecule has 1 aliphatic heterocycles. The summed E-state index contributed by atoms with van der Waals surface area (Å²) in [6, 6.07) is 8.53. The molecule has 0 atom stereocenters. The molecule has 2 amide bonds. The summed E-state index contributed by atoms with van der Waals surface area (Å²) in [6.45, 7) is 5.36. The number of amides is 2. The summed E-state index contributed by atoms with van der Waals surface area (Å²) in [4.78, 5) is 41.2. The predicted octanol–water partition coefficient (Wildman–Crippen LogP) is 2.88. The number of anilines is 2. The summed E-state index contributed by atoms with van der Waals surface area (Å²) < 4.78 is 15.5. The van der Waals surface area contributed by atoms with Gasteiger partial charge in [0.2, 0.25) is 5.91 Å². The molecule has 1 aliphatic rings. The van der Waals surface area contributed by atoms with E-state index < -0.39 is 5.97 Å². The zero-order valence-electron chi connectivity index (χ0n) is 18.4. The van der Waals surface area contributed by atoms with Gasteiger partial charge in [0.1, 0.15) is 24.6 Å². The maximum Gasteiger partial charge on any atom is 0.326 e. The van der Waals surface area contributed by atoms with Crippen molar-refractivity contribution in [3.63, 3.8) is 0 Å². The second-order valence-corrected chi connectivity index (χ2v) is 7.20. The first kappa shape index (κ1) is 22.1. The van der Waals surface area contributed by atoms with Gasteiger partial charge in [-0.2, -0.15) is 0 Å². The fourth-order valence-corrected chi connectivity index (χ4v) is 3.44. The summed E-state index contributed by atoms with van der Waals surface area (Å²) in [5.74, 6) is -0.305. The molecule has 1 heterocycles. The number of rotatable bonds is 6. The highest BCUT2D eigenvalue weighted by Gasteiger charge is 2.35. The van der Waals surface area contributed by atoms with Gasteiger partial charge in [0.25, 0.3) is 5.91 Å². The Kier molecular flexibility index (Phi) is 6.48.